The van der Waals surface area contributed by atoms with Crippen molar-refractivity contribution in [3.8, 4) is 0 Å². The number of rotatable bonds is 5. The summed E-state index contributed by atoms with van der Waals surface area (Å²) >= 11 is 0. The number of nitrogens with zero attached hydrogens (tertiary/aromatic N) is 2. The summed E-state index contributed by atoms with van der Waals surface area (Å²) in [4.78, 5) is 4.28. The number of hydrogen-bond acceptors (Lipinski definition) is 4. The van der Waals surface area contributed by atoms with Crippen molar-refractivity contribution in [1.29, 1.82) is 0 Å². The number of benzene rings is 1. The fourth-order valence-electron chi connectivity index (χ4n) is 2.11. The smallest absolute Gasteiger partial charge is 0.264 e. The van der Waals surface area contributed by atoms with Crippen LogP contribution in [0.3, 0.4) is 0 Å². The fourth-order valence-corrected chi connectivity index (χ4v) is 3.59. The zero-order valence-electron chi connectivity index (χ0n) is 12.4. The maximum atomic E-state index is 12.8. The Balaban J connectivity index is 2.49. The van der Waals surface area contributed by atoms with Gasteiger partial charge in [-0.2, -0.15) is 0 Å². The van der Waals surface area contributed by atoms with E-state index in [0.717, 1.165) is 5.56 Å². The van der Waals surface area contributed by atoms with Crippen molar-refractivity contribution in [2.45, 2.75) is 18.7 Å². The molecular formula is C15H19N3O2S. The van der Waals surface area contributed by atoms with E-state index in [1.165, 1.54) is 22.6 Å². The number of nitrogens with one attached hydrogen (secondary N) is 1. The Morgan fingerprint density at radius 2 is 2.00 bits per heavy atom. The quantitative estimate of drug-likeness (QED) is 0.922. The molecule has 0 aliphatic rings. The minimum absolute atomic E-state index is 0.227. The normalized spacial score (nSPS) is 11.2. The zero-order chi connectivity index (χ0) is 15.5. The number of hydrogen-bond donors (Lipinski definition) is 1. The highest BCUT2D eigenvalue weighted by Gasteiger charge is 2.24. The lowest BCUT2D eigenvalue weighted by Gasteiger charge is -2.23. The summed E-state index contributed by atoms with van der Waals surface area (Å²) in [6.07, 6.45) is 1.49. The van der Waals surface area contributed by atoms with Gasteiger partial charge >= 0.3 is 0 Å². The molecule has 1 N–H and O–H groups in total. The lowest BCUT2D eigenvalue weighted by atomic mass is 10.2. The third-order valence-electron chi connectivity index (χ3n) is 3.15. The van der Waals surface area contributed by atoms with Crippen LogP contribution in [0.2, 0.25) is 0 Å². The minimum Gasteiger partial charge on any atom is -0.373 e. The largest absolute Gasteiger partial charge is 0.373 e. The van der Waals surface area contributed by atoms with Crippen LogP contribution in [0.4, 0.5) is 11.5 Å². The van der Waals surface area contributed by atoms with Crippen molar-refractivity contribution in [3.05, 3.63) is 48.2 Å². The summed E-state index contributed by atoms with van der Waals surface area (Å²) in [5, 5.41) is 2.85. The lowest BCUT2D eigenvalue weighted by molar-refractivity contribution is 0.591. The molecule has 0 unspecified atom stereocenters. The van der Waals surface area contributed by atoms with E-state index in [1.807, 2.05) is 32.0 Å². The van der Waals surface area contributed by atoms with E-state index in [0.29, 0.717) is 18.1 Å². The first kappa shape index (κ1) is 15.3. The van der Waals surface area contributed by atoms with Crippen LogP contribution in [0, 0.1) is 6.92 Å². The van der Waals surface area contributed by atoms with Gasteiger partial charge in [0.1, 0.15) is 5.82 Å². The van der Waals surface area contributed by atoms with Crippen molar-refractivity contribution >= 4 is 21.5 Å². The van der Waals surface area contributed by atoms with Crippen LogP contribution in [0.5, 0.6) is 0 Å². The standard InChI is InChI=1S/C15H19N3O2S/c1-4-18(13-7-5-6-12(2)10-13)21(19,20)14-8-9-17-15(11-14)16-3/h5-11H,4H2,1-3H3,(H,16,17). The highest BCUT2D eigenvalue weighted by molar-refractivity contribution is 7.92. The molecular weight excluding hydrogens is 286 g/mol. The monoisotopic (exact) mass is 305 g/mol. The maximum absolute atomic E-state index is 12.8. The summed E-state index contributed by atoms with van der Waals surface area (Å²) in [7, 11) is -1.89. The molecule has 0 aliphatic heterocycles. The molecule has 0 saturated carbocycles. The molecule has 2 aromatic rings. The van der Waals surface area contributed by atoms with E-state index in [-0.39, 0.29) is 4.90 Å². The van der Waals surface area contributed by atoms with Gasteiger partial charge in [0.15, 0.2) is 0 Å². The summed E-state index contributed by atoms with van der Waals surface area (Å²) < 4.78 is 27.0. The van der Waals surface area contributed by atoms with E-state index in [1.54, 1.807) is 13.1 Å². The molecule has 112 valence electrons. The molecule has 5 nitrogen and oxygen atoms in total. The topological polar surface area (TPSA) is 62.3 Å². The lowest BCUT2D eigenvalue weighted by Crippen LogP contribution is -2.30. The van der Waals surface area contributed by atoms with Crippen LogP contribution in [-0.4, -0.2) is 27.0 Å². The molecule has 0 atom stereocenters. The van der Waals surface area contributed by atoms with Gasteiger partial charge in [-0.05, 0) is 37.6 Å². The van der Waals surface area contributed by atoms with Gasteiger partial charge < -0.3 is 5.32 Å². The van der Waals surface area contributed by atoms with Crippen LogP contribution in [-0.2, 0) is 10.0 Å². The third kappa shape index (κ3) is 3.16. The van der Waals surface area contributed by atoms with Crippen LogP contribution in [0.1, 0.15) is 12.5 Å². The zero-order valence-corrected chi connectivity index (χ0v) is 13.2. The van der Waals surface area contributed by atoms with E-state index >= 15 is 0 Å². The summed E-state index contributed by atoms with van der Waals surface area (Å²) in [5.74, 6) is 0.524. The van der Waals surface area contributed by atoms with Crippen LogP contribution in [0.25, 0.3) is 0 Å². The highest BCUT2D eigenvalue weighted by Crippen LogP contribution is 2.24. The second kappa shape index (κ2) is 6.13. The summed E-state index contributed by atoms with van der Waals surface area (Å²) in [6.45, 7) is 4.12. The van der Waals surface area contributed by atoms with Gasteiger partial charge in [-0.3, -0.25) is 4.31 Å². The average Bonchev–Trinajstić information content (AvgIpc) is 2.48. The van der Waals surface area contributed by atoms with Gasteiger partial charge in [0.05, 0.1) is 10.6 Å². The van der Waals surface area contributed by atoms with Crippen molar-refractivity contribution in [2.24, 2.45) is 0 Å². The average molecular weight is 305 g/mol. The number of anilines is 2. The third-order valence-corrected chi connectivity index (χ3v) is 5.05. The van der Waals surface area contributed by atoms with Crippen molar-refractivity contribution < 1.29 is 8.42 Å². The highest BCUT2D eigenvalue weighted by atomic mass is 32.2. The molecule has 2 rings (SSSR count). The van der Waals surface area contributed by atoms with Crippen LogP contribution < -0.4 is 9.62 Å². The van der Waals surface area contributed by atoms with Gasteiger partial charge in [-0.15, -0.1) is 0 Å². The molecule has 0 amide bonds. The number of aryl methyl sites for hydroxylation is 1. The Morgan fingerprint density at radius 1 is 1.24 bits per heavy atom. The first-order valence-corrected chi connectivity index (χ1v) is 8.16. The molecule has 1 aromatic carbocycles. The minimum atomic E-state index is -3.60. The Hall–Kier alpha value is -2.08. The van der Waals surface area contributed by atoms with E-state index in [9.17, 15) is 8.42 Å². The summed E-state index contributed by atoms with van der Waals surface area (Å²) in [6, 6.07) is 10.5. The molecule has 21 heavy (non-hydrogen) atoms. The number of pyridine rings is 1. The molecule has 6 heteroatoms. The predicted molar refractivity (Wildman–Crippen MR) is 85.2 cm³/mol. The van der Waals surface area contributed by atoms with Gasteiger partial charge in [0.2, 0.25) is 0 Å². The SMILES string of the molecule is CCN(c1cccc(C)c1)S(=O)(=O)c1ccnc(NC)c1. The van der Waals surface area contributed by atoms with E-state index < -0.39 is 10.0 Å². The Labute approximate surface area is 125 Å². The van der Waals surface area contributed by atoms with E-state index in [4.69, 9.17) is 0 Å². The van der Waals surface area contributed by atoms with E-state index in [2.05, 4.69) is 10.3 Å². The predicted octanol–water partition coefficient (Wildman–Crippen LogP) is 2.65. The van der Waals surface area contributed by atoms with Gasteiger partial charge in [0.25, 0.3) is 10.0 Å². The van der Waals surface area contributed by atoms with Crippen molar-refractivity contribution in [3.63, 3.8) is 0 Å². The Kier molecular flexibility index (Phi) is 4.47. The van der Waals surface area contributed by atoms with Gasteiger partial charge in [-0.1, -0.05) is 12.1 Å². The molecule has 0 bridgehead atoms. The molecule has 0 aliphatic carbocycles. The van der Waals surface area contributed by atoms with Crippen molar-refractivity contribution in [2.75, 3.05) is 23.2 Å². The Morgan fingerprint density at radius 3 is 2.62 bits per heavy atom. The van der Waals surface area contributed by atoms with Crippen molar-refractivity contribution in [1.82, 2.24) is 4.98 Å². The second-order valence-electron chi connectivity index (χ2n) is 4.64. The first-order chi connectivity index (χ1) is 9.98. The molecule has 0 radical (unpaired) electrons. The van der Waals surface area contributed by atoms with Gasteiger partial charge in [-0.25, -0.2) is 13.4 Å². The molecule has 0 saturated heterocycles. The maximum Gasteiger partial charge on any atom is 0.264 e. The molecule has 0 spiro atoms. The number of aromatic nitrogens is 1. The van der Waals surface area contributed by atoms with Gasteiger partial charge in [0, 0.05) is 25.9 Å². The molecule has 0 fully saturated rings. The van der Waals surface area contributed by atoms with Crippen LogP contribution in [0.15, 0.2) is 47.5 Å². The second-order valence-corrected chi connectivity index (χ2v) is 6.50. The van der Waals surface area contributed by atoms with Crippen LogP contribution >= 0.6 is 0 Å². The number of sulfonamides is 1. The summed E-state index contributed by atoms with van der Waals surface area (Å²) in [5.41, 5.74) is 1.69. The first-order valence-electron chi connectivity index (χ1n) is 6.72. The fraction of sp³-hybridized carbons (Fsp3) is 0.267. The molecule has 1 aromatic heterocycles. The Bertz CT molecular complexity index is 729. The molecule has 1 heterocycles.